The minimum Gasteiger partial charge on any atom is -0.334 e. The number of urea groups is 1. The summed E-state index contributed by atoms with van der Waals surface area (Å²) < 4.78 is 1.46. The molecule has 0 aliphatic rings. The zero-order valence-corrected chi connectivity index (χ0v) is 19.8. The fourth-order valence-corrected chi connectivity index (χ4v) is 4.35. The number of benzene rings is 3. The fourth-order valence-electron chi connectivity index (χ4n) is 3.38. The third-order valence-corrected chi connectivity index (χ3v) is 6.45. The number of nitrogens with one attached hydrogen (secondary N) is 2. The topological polar surface area (TPSA) is 93.1 Å². The molecule has 4 rings (SSSR count). The number of amides is 3. The molecule has 1 heterocycles. The van der Waals surface area contributed by atoms with Crippen LogP contribution in [0, 0.1) is 6.92 Å². The van der Waals surface area contributed by atoms with Crippen LogP contribution in [0.15, 0.2) is 82.7 Å². The predicted molar refractivity (Wildman–Crippen MR) is 135 cm³/mol. The molecule has 0 bridgehead atoms. The number of aromatic nitrogens is 2. The Bertz CT molecular complexity index is 1420. The molecule has 0 radical (unpaired) electrons. The highest BCUT2D eigenvalue weighted by Crippen LogP contribution is 2.26. The molecule has 0 saturated heterocycles. The van der Waals surface area contributed by atoms with E-state index < -0.39 is 11.9 Å². The van der Waals surface area contributed by atoms with Gasteiger partial charge in [0.25, 0.3) is 5.56 Å². The van der Waals surface area contributed by atoms with Crippen molar-refractivity contribution in [1.82, 2.24) is 20.2 Å². The molecule has 1 aromatic heterocycles. The standard InChI is InChI=1S/C25H21ClN4O3S/c1-16-19(26)11-7-13-21(16)30-23(32)18-10-5-6-12-20(18)28-25(30)34-15-22(31)29-24(33)27-14-17-8-3-2-4-9-17/h2-13H,14-15H2,1H3,(H2,27,29,31,33). The van der Waals surface area contributed by atoms with E-state index >= 15 is 0 Å². The van der Waals surface area contributed by atoms with E-state index in [9.17, 15) is 14.4 Å². The van der Waals surface area contributed by atoms with Crippen LogP contribution in [-0.2, 0) is 11.3 Å². The van der Waals surface area contributed by atoms with Crippen molar-refractivity contribution in [2.75, 3.05) is 5.75 Å². The molecule has 0 aliphatic heterocycles. The molecular weight excluding hydrogens is 472 g/mol. The first-order valence-corrected chi connectivity index (χ1v) is 11.8. The highest BCUT2D eigenvalue weighted by Gasteiger charge is 2.17. The van der Waals surface area contributed by atoms with Crippen molar-refractivity contribution in [3.05, 3.63) is 99.3 Å². The summed E-state index contributed by atoms with van der Waals surface area (Å²) in [6, 6.07) is 21.1. The summed E-state index contributed by atoms with van der Waals surface area (Å²) in [5.74, 6) is -0.615. The quantitative estimate of drug-likeness (QED) is 0.306. The van der Waals surface area contributed by atoms with Gasteiger partial charge in [-0.3, -0.25) is 19.5 Å². The van der Waals surface area contributed by atoms with Crippen molar-refractivity contribution >= 4 is 46.2 Å². The van der Waals surface area contributed by atoms with Gasteiger partial charge in [-0.1, -0.05) is 71.9 Å². The molecule has 0 unspecified atom stereocenters. The number of hydrogen-bond donors (Lipinski definition) is 2. The van der Waals surface area contributed by atoms with Gasteiger partial charge in [0.1, 0.15) is 0 Å². The van der Waals surface area contributed by atoms with Gasteiger partial charge in [0, 0.05) is 11.6 Å². The van der Waals surface area contributed by atoms with Crippen LogP contribution in [0.5, 0.6) is 0 Å². The fraction of sp³-hybridized carbons (Fsp3) is 0.120. The lowest BCUT2D eigenvalue weighted by Gasteiger charge is -2.15. The number of carbonyl (C=O) groups excluding carboxylic acids is 2. The summed E-state index contributed by atoms with van der Waals surface area (Å²) in [7, 11) is 0. The third-order valence-electron chi connectivity index (χ3n) is 5.11. The Morgan fingerprint density at radius 1 is 1.00 bits per heavy atom. The lowest BCUT2D eigenvalue weighted by atomic mass is 10.2. The Morgan fingerprint density at radius 3 is 2.53 bits per heavy atom. The van der Waals surface area contributed by atoms with Crippen LogP contribution in [0.1, 0.15) is 11.1 Å². The molecule has 0 saturated carbocycles. The molecule has 34 heavy (non-hydrogen) atoms. The van der Waals surface area contributed by atoms with Crippen molar-refractivity contribution in [1.29, 1.82) is 0 Å². The molecule has 2 N–H and O–H groups in total. The molecule has 3 amide bonds. The lowest BCUT2D eigenvalue weighted by molar-refractivity contribution is -0.117. The minimum absolute atomic E-state index is 0.108. The van der Waals surface area contributed by atoms with Gasteiger partial charge in [-0.05, 0) is 42.3 Å². The van der Waals surface area contributed by atoms with Gasteiger partial charge in [-0.2, -0.15) is 0 Å². The summed E-state index contributed by atoms with van der Waals surface area (Å²) in [5.41, 5.74) is 2.47. The van der Waals surface area contributed by atoms with E-state index in [0.717, 1.165) is 22.9 Å². The maximum atomic E-state index is 13.4. The van der Waals surface area contributed by atoms with Crippen LogP contribution < -0.4 is 16.2 Å². The molecule has 0 atom stereocenters. The largest absolute Gasteiger partial charge is 0.334 e. The number of thioether (sulfide) groups is 1. The van der Waals surface area contributed by atoms with Crippen LogP contribution in [0.2, 0.25) is 5.02 Å². The minimum atomic E-state index is -0.594. The second-order valence-corrected chi connectivity index (χ2v) is 8.79. The Labute approximate surface area is 205 Å². The van der Waals surface area contributed by atoms with E-state index in [1.165, 1.54) is 4.57 Å². The van der Waals surface area contributed by atoms with E-state index in [2.05, 4.69) is 15.6 Å². The van der Waals surface area contributed by atoms with Gasteiger partial charge in [-0.25, -0.2) is 9.78 Å². The van der Waals surface area contributed by atoms with Crippen LogP contribution >= 0.6 is 23.4 Å². The third kappa shape index (κ3) is 5.30. The number of halogens is 1. The first-order chi connectivity index (χ1) is 16.4. The van der Waals surface area contributed by atoms with Gasteiger partial charge in [-0.15, -0.1) is 0 Å². The number of carbonyl (C=O) groups is 2. The number of hydrogen-bond acceptors (Lipinski definition) is 5. The van der Waals surface area contributed by atoms with Crippen molar-refractivity contribution in [3.63, 3.8) is 0 Å². The van der Waals surface area contributed by atoms with E-state index in [1.807, 2.05) is 37.3 Å². The summed E-state index contributed by atoms with van der Waals surface area (Å²) in [4.78, 5) is 42.5. The number of rotatable bonds is 6. The van der Waals surface area contributed by atoms with E-state index in [1.54, 1.807) is 42.5 Å². The van der Waals surface area contributed by atoms with E-state index in [0.29, 0.717) is 33.3 Å². The van der Waals surface area contributed by atoms with E-state index in [4.69, 9.17) is 11.6 Å². The Kier molecular flexibility index (Phi) is 7.30. The van der Waals surface area contributed by atoms with Gasteiger partial charge in [0.2, 0.25) is 5.91 Å². The number of nitrogens with zero attached hydrogens (tertiary/aromatic N) is 2. The first kappa shape index (κ1) is 23.5. The van der Waals surface area contributed by atoms with Crippen molar-refractivity contribution in [3.8, 4) is 5.69 Å². The molecule has 172 valence electrons. The molecule has 0 aliphatic carbocycles. The van der Waals surface area contributed by atoms with E-state index in [-0.39, 0.29) is 11.3 Å². The molecule has 7 nitrogen and oxygen atoms in total. The zero-order chi connectivity index (χ0) is 24.1. The zero-order valence-electron chi connectivity index (χ0n) is 18.2. The lowest BCUT2D eigenvalue weighted by Crippen LogP contribution is -2.40. The molecule has 4 aromatic rings. The second kappa shape index (κ2) is 10.5. The van der Waals surface area contributed by atoms with Gasteiger partial charge < -0.3 is 5.32 Å². The number of fused-ring (bicyclic) bond motifs is 1. The van der Waals surface area contributed by atoms with Crippen molar-refractivity contribution < 1.29 is 9.59 Å². The van der Waals surface area contributed by atoms with Gasteiger partial charge >= 0.3 is 6.03 Å². The van der Waals surface area contributed by atoms with Crippen molar-refractivity contribution in [2.24, 2.45) is 0 Å². The maximum Gasteiger partial charge on any atom is 0.321 e. The van der Waals surface area contributed by atoms with Gasteiger partial charge in [0.15, 0.2) is 5.16 Å². The smallest absolute Gasteiger partial charge is 0.321 e. The first-order valence-electron chi connectivity index (χ1n) is 10.5. The van der Waals surface area contributed by atoms with Crippen LogP contribution in [-0.4, -0.2) is 27.2 Å². The Balaban J connectivity index is 1.54. The normalized spacial score (nSPS) is 10.8. The molecule has 3 aromatic carbocycles. The summed E-state index contributed by atoms with van der Waals surface area (Å²) in [6.45, 7) is 2.12. The maximum absolute atomic E-state index is 13.4. The average Bonchev–Trinajstić information content (AvgIpc) is 2.84. The monoisotopic (exact) mass is 492 g/mol. The average molecular weight is 493 g/mol. The summed E-state index contributed by atoms with van der Waals surface area (Å²) in [5, 5.41) is 6.25. The van der Waals surface area contributed by atoms with Crippen LogP contribution in [0.3, 0.4) is 0 Å². The van der Waals surface area contributed by atoms with Crippen LogP contribution in [0.4, 0.5) is 4.79 Å². The van der Waals surface area contributed by atoms with Gasteiger partial charge in [0.05, 0.1) is 22.3 Å². The molecule has 0 spiro atoms. The van der Waals surface area contributed by atoms with Crippen LogP contribution in [0.25, 0.3) is 16.6 Å². The molecule has 0 fully saturated rings. The molecular formula is C25H21ClN4O3S. The Hall–Kier alpha value is -3.62. The highest BCUT2D eigenvalue weighted by atomic mass is 35.5. The predicted octanol–water partition coefficient (Wildman–Crippen LogP) is 4.47. The Morgan fingerprint density at radius 2 is 1.74 bits per heavy atom. The van der Waals surface area contributed by atoms with Crippen molar-refractivity contribution in [2.45, 2.75) is 18.6 Å². The number of imide groups is 1. The summed E-state index contributed by atoms with van der Waals surface area (Å²) in [6.07, 6.45) is 0. The molecule has 9 heteroatoms. The number of para-hydroxylation sites is 1. The SMILES string of the molecule is Cc1c(Cl)cccc1-n1c(SCC(=O)NC(=O)NCc2ccccc2)nc2ccccc2c1=O. The second-order valence-electron chi connectivity index (χ2n) is 7.44. The highest BCUT2D eigenvalue weighted by molar-refractivity contribution is 7.99. The summed E-state index contributed by atoms with van der Waals surface area (Å²) >= 11 is 7.36.